The summed E-state index contributed by atoms with van der Waals surface area (Å²) >= 11 is 0. The van der Waals surface area contributed by atoms with Gasteiger partial charge in [0.2, 0.25) is 0 Å². The zero-order valence-corrected chi connectivity index (χ0v) is 10.7. The Bertz CT molecular complexity index is 589. The summed E-state index contributed by atoms with van der Waals surface area (Å²) in [5.74, 6) is -1.74. The standard InChI is InChI=1S/C14H14F2N2O2/c15-12-2-1-9(5-13(12)16)14-6-11(19)8-18(14)7-10-3-4-20-17-10/h1-5,11,14,19H,6-8H2/t11-,14+/m0/s1. The van der Waals surface area contributed by atoms with Crippen molar-refractivity contribution < 1.29 is 18.4 Å². The number of rotatable bonds is 3. The van der Waals surface area contributed by atoms with Crippen LogP contribution < -0.4 is 0 Å². The first-order chi connectivity index (χ1) is 9.63. The van der Waals surface area contributed by atoms with Crippen LogP contribution in [0.1, 0.15) is 23.7 Å². The second-order valence-electron chi connectivity index (χ2n) is 5.00. The number of aromatic nitrogens is 1. The van der Waals surface area contributed by atoms with Crippen LogP contribution in [0.4, 0.5) is 8.78 Å². The summed E-state index contributed by atoms with van der Waals surface area (Å²) < 4.78 is 31.1. The highest BCUT2D eigenvalue weighted by atomic mass is 19.2. The van der Waals surface area contributed by atoms with E-state index in [0.29, 0.717) is 25.1 Å². The molecule has 1 saturated heterocycles. The predicted octanol–water partition coefficient (Wildman–Crippen LogP) is 2.26. The van der Waals surface area contributed by atoms with Crippen LogP contribution in [0.2, 0.25) is 0 Å². The van der Waals surface area contributed by atoms with Gasteiger partial charge in [0, 0.05) is 25.2 Å². The van der Waals surface area contributed by atoms with Crippen molar-refractivity contribution in [2.24, 2.45) is 0 Å². The van der Waals surface area contributed by atoms with Crippen molar-refractivity contribution in [2.45, 2.75) is 25.1 Å². The van der Waals surface area contributed by atoms with Crippen molar-refractivity contribution in [2.75, 3.05) is 6.54 Å². The molecular formula is C14H14F2N2O2. The molecule has 0 radical (unpaired) electrons. The van der Waals surface area contributed by atoms with Gasteiger partial charge in [-0.2, -0.15) is 0 Å². The molecule has 0 bridgehead atoms. The van der Waals surface area contributed by atoms with E-state index < -0.39 is 17.7 Å². The summed E-state index contributed by atoms with van der Waals surface area (Å²) in [6.45, 7) is 0.966. The Morgan fingerprint density at radius 2 is 2.15 bits per heavy atom. The molecule has 1 N–H and O–H groups in total. The Morgan fingerprint density at radius 3 is 2.85 bits per heavy atom. The first-order valence-corrected chi connectivity index (χ1v) is 6.40. The molecule has 1 aliphatic rings. The van der Waals surface area contributed by atoms with Gasteiger partial charge in [-0.25, -0.2) is 8.78 Å². The van der Waals surface area contributed by atoms with Gasteiger partial charge < -0.3 is 9.63 Å². The highest BCUT2D eigenvalue weighted by Crippen LogP contribution is 2.33. The molecule has 0 saturated carbocycles. The van der Waals surface area contributed by atoms with Gasteiger partial charge in [-0.1, -0.05) is 11.2 Å². The Kier molecular flexibility index (Phi) is 3.50. The fraction of sp³-hybridized carbons (Fsp3) is 0.357. The largest absolute Gasteiger partial charge is 0.392 e. The summed E-state index contributed by atoms with van der Waals surface area (Å²) in [6, 6.07) is 5.44. The highest BCUT2D eigenvalue weighted by Gasteiger charge is 2.32. The maximum atomic E-state index is 13.4. The molecule has 2 aromatic rings. The lowest BCUT2D eigenvalue weighted by Crippen LogP contribution is -2.24. The van der Waals surface area contributed by atoms with Gasteiger partial charge in [0.05, 0.1) is 11.8 Å². The smallest absolute Gasteiger partial charge is 0.159 e. The van der Waals surface area contributed by atoms with Crippen LogP contribution in [0.5, 0.6) is 0 Å². The van der Waals surface area contributed by atoms with E-state index in [1.165, 1.54) is 12.3 Å². The lowest BCUT2D eigenvalue weighted by Gasteiger charge is -2.23. The topological polar surface area (TPSA) is 49.5 Å². The van der Waals surface area contributed by atoms with Crippen LogP contribution in [0.15, 0.2) is 35.1 Å². The van der Waals surface area contributed by atoms with E-state index in [-0.39, 0.29) is 6.04 Å². The minimum atomic E-state index is -0.870. The Balaban J connectivity index is 1.83. The number of nitrogens with zero attached hydrogens (tertiary/aromatic N) is 2. The van der Waals surface area contributed by atoms with Crippen molar-refractivity contribution in [1.29, 1.82) is 0 Å². The molecule has 0 aliphatic carbocycles. The van der Waals surface area contributed by atoms with Crippen molar-refractivity contribution in [3.05, 3.63) is 53.4 Å². The minimum Gasteiger partial charge on any atom is -0.392 e. The van der Waals surface area contributed by atoms with Gasteiger partial charge in [-0.05, 0) is 24.1 Å². The van der Waals surface area contributed by atoms with Crippen LogP contribution in [-0.2, 0) is 6.54 Å². The Hall–Kier alpha value is -1.79. The van der Waals surface area contributed by atoms with Crippen molar-refractivity contribution in [1.82, 2.24) is 10.1 Å². The third kappa shape index (κ3) is 2.57. The van der Waals surface area contributed by atoms with E-state index in [2.05, 4.69) is 5.16 Å². The molecule has 2 atom stereocenters. The van der Waals surface area contributed by atoms with E-state index in [0.717, 1.165) is 11.8 Å². The number of hydrogen-bond acceptors (Lipinski definition) is 4. The van der Waals surface area contributed by atoms with Crippen LogP contribution in [-0.4, -0.2) is 27.8 Å². The SMILES string of the molecule is O[C@H]1C[C@H](c2ccc(F)c(F)c2)N(Cc2ccon2)C1. The number of likely N-dealkylation sites (tertiary alicyclic amines) is 1. The molecule has 0 spiro atoms. The zero-order chi connectivity index (χ0) is 14.1. The molecule has 1 aromatic carbocycles. The average Bonchev–Trinajstić information content (AvgIpc) is 3.03. The van der Waals surface area contributed by atoms with Crippen LogP contribution >= 0.6 is 0 Å². The summed E-state index contributed by atoms with van der Waals surface area (Å²) in [7, 11) is 0. The fourth-order valence-corrected chi connectivity index (χ4v) is 2.65. The minimum absolute atomic E-state index is 0.156. The summed E-state index contributed by atoms with van der Waals surface area (Å²) in [5, 5.41) is 13.7. The van der Waals surface area contributed by atoms with E-state index >= 15 is 0 Å². The van der Waals surface area contributed by atoms with Crippen molar-refractivity contribution >= 4 is 0 Å². The van der Waals surface area contributed by atoms with Crippen LogP contribution in [0, 0.1) is 11.6 Å². The quantitative estimate of drug-likeness (QED) is 0.937. The van der Waals surface area contributed by atoms with Gasteiger partial charge in [-0.15, -0.1) is 0 Å². The number of hydrogen-bond donors (Lipinski definition) is 1. The fourth-order valence-electron chi connectivity index (χ4n) is 2.65. The van der Waals surface area contributed by atoms with Crippen LogP contribution in [0.25, 0.3) is 0 Å². The van der Waals surface area contributed by atoms with Gasteiger partial charge in [0.25, 0.3) is 0 Å². The molecule has 20 heavy (non-hydrogen) atoms. The Morgan fingerprint density at radius 1 is 1.30 bits per heavy atom. The molecule has 1 aliphatic heterocycles. The summed E-state index contributed by atoms with van der Waals surface area (Å²) in [6.07, 6.45) is 1.48. The summed E-state index contributed by atoms with van der Waals surface area (Å²) in [5.41, 5.74) is 1.40. The van der Waals surface area contributed by atoms with Crippen molar-refractivity contribution in [3.63, 3.8) is 0 Å². The lowest BCUT2D eigenvalue weighted by molar-refractivity contribution is 0.171. The molecular weight excluding hydrogens is 266 g/mol. The zero-order valence-electron chi connectivity index (χ0n) is 10.7. The molecule has 0 unspecified atom stereocenters. The summed E-state index contributed by atoms with van der Waals surface area (Å²) in [4.78, 5) is 1.98. The predicted molar refractivity (Wildman–Crippen MR) is 66.6 cm³/mol. The van der Waals surface area contributed by atoms with Crippen molar-refractivity contribution in [3.8, 4) is 0 Å². The van der Waals surface area contributed by atoms with E-state index in [1.54, 1.807) is 12.1 Å². The van der Waals surface area contributed by atoms with Gasteiger partial charge >= 0.3 is 0 Å². The third-order valence-corrected chi connectivity index (χ3v) is 3.57. The van der Waals surface area contributed by atoms with E-state index in [4.69, 9.17) is 4.52 Å². The van der Waals surface area contributed by atoms with E-state index in [1.807, 2.05) is 4.90 Å². The normalized spacial score (nSPS) is 23.4. The molecule has 106 valence electrons. The lowest BCUT2D eigenvalue weighted by atomic mass is 10.0. The molecule has 4 nitrogen and oxygen atoms in total. The average molecular weight is 280 g/mol. The van der Waals surface area contributed by atoms with Gasteiger partial charge in [0.1, 0.15) is 6.26 Å². The maximum Gasteiger partial charge on any atom is 0.159 e. The third-order valence-electron chi connectivity index (χ3n) is 3.57. The van der Waals surface area contributed by atoms with Crippen LogP contribution in [0.3, 0.4) is 0 Å². The number of benzene rings is 1. The number of halogens is 2. The second-order valence-corrected chi connectivity index (χ2v) is 5.00. The van der Waals surface area contributed by atoms with E-state index in [9.17, 15) is 13.9 Å². The van der Waals surface area contributed by atoms with Gasteiger partial charge in [-0.3, -0.25) is 4.90 Å². The molecule has 2 heterocycles. The molecule has 6 heteroatoms. The molecule has 3 rings (SSSR count). The molecule has 1 aromatic heterocycles. The molecule has 1 fully saturated rings. The maximum absolute atomic E-state index is 13.4. The first kappa shape index (κ1) is 13.2. The first-order valence-electron chi connectivity index (χ1n) is 6.40. The number of aliphatic hydroxyl groups excluding tert-OH is 1. The van der Waals surface area contributed by atoms with Gasteiger partial charge in [0.15, 0.2) is 11.6 Å². The monoisotopic (exact) mass is 280 g/mol. The molecule has 0 amide bonds. The Labute approximate surface area is 114 Å². The second kappa shape index (κ2) is 5.30. The number of aliphatic hydroxyl groups is 1. The number of β-amino-alcohol motifs (C(OH)–C–C–N with tert-alkyl or cyclic N) is 1. The highest BCUT2D eigenvalue weighted by molar-refractivity contribution is 5.23.